The molecule has 0 saturated heterocycles. The van der Waals surface area contributed by atoms with Crippen LogP contribution in [0.1, 0.15) is 136 Å². The first kappa shape index (κ1) is 25.2. The van der Waals surface area contributed by atoms with Gasteiger partial charge in [0, 0.05) is 0 Å². The minimum Gasteiger partial charge on any atom is -0.237 e. The normalized spacial score (nSPS) is 12.8. The number of unbranched alkanes of at least 4 members (excludes halogenated alkanes) is 14. The number of nitrogens with zero attached hydrogens (tertiary/aromatic N) is 2. The van der Waals surface area contributed by atoms with Crippen molar-refractivity contribution in [2.45, 2.75) is 143 Å². The summed E-state index contributed by atoms with van der Waals surface area (Å²) in [4.78, 5) is 0. The smallest absolute Gasteiger partial charge is 0.237 e. The molecule has 1 atom stereocenters. The largest absolute Gasteiger partial charge is 0.243 e. The first-order valence-electron chi connectivity index (χ1n) is 12.7. The van der Waals surface area contributed by atoms with Crippen molar-refractivity contribution < 1.29 is 4.57 Å². The molecule has 0 radical (unpaired) electrons. The summed E-state index contributed by atoms with van der Waals surface area (Å²) >= 11 is 0. The Kier molecular flexibility index (Phi) is 15.4. The van der Waals surface area contributed by atoms with Crippen LogP contribution in [0.4, 0.5) is 0 Å². The molecule has 1 aromatic heterocycles. The lowest BCUT2D eigenvalue weighted by molar-refractivity contribution is -0.720. The van der Waals surface area contributed by atoms with Crippen molar-refractivity contribution in [1.82, 2.24) is 4.57 Å². The topological polar surface area (TPSA) is 8.81 Å². The molecule has 0 aliphatic carbocycles. The van der Waals surface area contributed by atoms with E-state index >= 15 is 0 Å². The molecule has 0 amide bonds. The number of hydrogen-bond acceptors (Lipinski definition) is 0. The zero-order valence-electron chi connectivity index (χ0n) is 19.8. The first-order valence-corrected chi connectivity index (χ1v) is 12.7. The van der Waals surface area contributed by atoms with Crippen LogP contribution in [0.25, 0.3) is 0 Å². The average molecular weight is 392 g/mol. The molecule has 1 rings (SSSR count). The zero-order chi connectivity index (χ0) is 20.5. The predicted molar refractivity (Wildman–Crippen MR) is 124 cm³/mol. The van der Waals surface area contributed by atoms with Crippen molar-refractivity contribution in [3.05, 3.63) is 18.7 Å². The first-order chi connectivity index (χ1) is 13.6. The lowest BCUT2D eigenvalue weighted by Crippen LogP contribution is -2.35. The maximum absolute atomic E-state index is 2.40. The summed E-state index contributed by atoms with van der Waals surface area (Å²) in [6.07, 6.45) is 29.7. The maximum Gasteiger partial charge on any atom is 0.243 e. The molecule has 0 saturated carbocycles. The van der Waals surface area contributed by atoms with Gasteiger partial charge in [-0.05, 0) is 25.7 Å². The Morgan fingerprint density at radius 1 is 0.679 bits per heavy atom. The molecule has 0 N–H and O–H groups in total. The third kappa shape index (κ3) is 13.4. The quantitative estimate of drug-likeness (QED) is 0.166. The van der Waals surface area contributed by atoms with Crippen LogP contribution in [0.5, 0.6) is 0 Å². The fraction of sp³-hybridized carbons (Fsp3) is 0.885. The molecule has 1 unspecified atom stereocenters. The summed E-state index contributed by atoms with van der Waals surface area (Å²) in [5.74, 6) is 0.715. The van der Waals surface area contributed by atoms with Gasteiger partial charge in [-0.15, -0.1) is 0 Å². The van der Waals surface area contributed by atoms with Crippen LogP contribution in [0, 0.1) is 5.92 Å². The van der Waals surface area contributed by atoms with E-state index in [2.05, 4.69) is 55.6 Å². The van der Waals surface area contributed by atoms with Crippen LogP contribution >= 0.6 is 0 Å². The van der Waals surface area contributed by atoms with Crippen LogP contribution in [0.15, 0.2) is 18.7 Å². The van der Waals surface area contributed by atoms with E-state index in [-0.39, 0.29) is 0 Å². The van der Waals surface area contributed by atoms with Crippen molar-refractivity contribution in [3.63, 3.8) is 0 Å². The highest BCUT2D eigenvalue weighted by atomic mass is 15.1. The Labute approximate surface area is 177 Å². The molecule has 0 spiro atoms. The van der Waals surface area contributed by atoms with Gasteiger partial charge in [-0.1, -0.05) is 111 Å². The van der Waals surface area contributed by atoms with E-state index in [1.807, 2.05) is 0 Å². The van der Waals surface area contributed by atoms with E-state index in [9.17, 15) is 0 Å². The van der Waals surface area contributed by atoms with Gasteiger partial charge >= 0.3 is 0 Å². The fourth-order valence-corrected chi connectivity index (χ4v) is 4.16. The third-order valence-corrected chi connectivity index (χ3v) is 6.02. The highest BCUT2D eigenvalue weighted by Crippen LogP contribution is 2.15. The second-order valence-corrected chi connectivity index (χ2v) is 9.54. The lowest BCUT2D eigenvalue weighted by Gasteiger charge is -2.08. The second kappa shape index (κ2) is 17.1. The Bertz CT molecular complexity index is 449. The van der Waals surface area contributed by atoms with E-state index in [0.29, 0.717) is 12.0 Å². The van der Waals surface area contributed by atoms with Crippen LogP contribution in [0.3, 0.4) is 0 Å². The van der Waals surface area contributed by atoms with Gasteiger partial charge in [0.05, 0.1) is 12.6 Å². The van der Waals surface area contributed by atoms with Gasteiger partial charge in [-0.25, -0.2) is 9.13 Å². The zero-order valence-corrected chi connectivity index (χ0v) is 19.8. The number of aromatic nitrogens is 2. The molecule has 0 bridgehead atoms. The standard InChI is InChI=1S/C26H51N2/c1-5-6-7-8-9-10-11-12-13-14-15-16-17-18-19-20-26(4)28-22-21-27(24-28)23-25(2)3/h21-22,24-26H,5-20,23H2,1-4H3/q+1. The van der Waals surface area contributed by atoms with Gasteiger partial charge in [0.2, 0.25) is 6.33 Å². The molecule has 0 aliphatic heterocycles. The van der Waals surface area contributed by atoms with Gasteiger partial charge in [-0.2, -0.15) is 0 Å². The lowest BCUT2D eigenvalue weighted by atomic mass is 10.0. The molecule has 2 heteroatoms. The Morgan fingerprint density at radius 2 is 1.14 bits per heavy atom. The van der Waals surface area contributed by atoms with Crippen LogP contribution in [-0.4, -0.2) is 4.57 Å². The SMILES string of the molecule is CCCCCCCCCCCCCCCCCC(C)[n+]1ccn(CC(C)C)c1. The van der Waals surface area contributed by atoms with Gasteiger partial charge < -0.3 is 0 Å². The summed E-state index contributed by atoms with van der Waals surface area (Å²) < 4.78 is 4.72. The molecule has 164 valence electrons. The number of imidazole rings is 1. The minimum atomic E-state index is 0.635. The van der Waals surface area contributed by atoms with E-state index in [1.165, 1.54) is 103 Å². The summed E-state index contributed by atoms with van der Waals surface area (Å²) in [7, 11) is 0. The molecule has 1 heterocycles. The average Bonchev–Trinajstić information content (AvgIpc) is 3.12. The van der Waals surface area contributed by atoms with E-state index < -0.39 is 0 Å². The number of rotatable bonds is 19. The van der Waals surface area contributed by atoms with Gasteiger partial charge in [-0.3, -0.25) is 0 Å². The van der Waals surface area contributed by atoms with Gasteiger partial charge in [0.15, 0.2) is 0 Å². The molecule has 0 fully saturated rings. The van der Waals surface area contributed by atoms with E-state index in [0.717, 1.165) is 6.54 Å². The van der Waals surface area contributed by atoms with Gasteiger partial charge in [0.25, 0.3) is 0 Å². The molecule has 0 aliphatic rings. The highest BCUT2D eigenvalue weighted by Gasteiger charge is 2.12. The van der Waals surface area contributed by atoms with Gasteiger partial charge in [0.1, 0.15) is 12.4 Å². The second-order valence-electron chi connectivity index (χ2n) is 9.54. The predicted octanol–water partition coefficient (Wildman–Crippen LogP) is 8.25. The summed E-state index contributed by atoms with van der Waals surface area (Å²) in [6, 6.07) is 0.635. The Hall–Kier alpha value is -0.790. The van der Waals surface area contributed by atoms with Crippen LogP contribution < -0.4 is 4.57 Å². The third-order valence-electron chi connectivity index (χ3n) is 6.02. The monoisotopic (exact) mass is 391 g/mol. The van der Waals surface area contributed by atoms with Crippen LogP contribution in [-0.2, 0) is 6.54 Å². The summed E-state index contributed by atoms with van der Waals surface area (Å²) in [5, 5.41) is 0. The molecular formula is C26H51N2+. The molecular weight excluding hydrogens is 340 g/mol. The van der Waals surface area contributed by atoms with Crippen molar-refractivity contribution in [1.29, 1.82) is 0 Å². The van der Waals surface area contributed by atoms with Crippen molar-refractivity contribution >= 4 is 0 Å². The van der Waals surface area contributed by atoms with E-state index in [1.54, 1.807) is 0 Å². The Morgan fingerprint density at radius 3 is 1.61 bits per heavy atom. The van der Waals surface area contributed by atoms with Crippen molar-refractivity contribution in [2.75, 3.05) is 0 Å². The molecule has 2 nitrogen and oxygen atoms in total. The summed E-state index contributed by atoms with van der Waals surface area (Å²) in [6.45, 7) is 10.3. The Balaban J connectivity index is 1.86. The van der Waals surface area contributed by atoms with Crippen molar-refractivity contribution in [3.8, 4) is 0 Å². The molecule has 1 aromatic rings. The molecule has 28 heavy (non-hydrogen) atoms. The summed E-state index contributed by atoms with van der Waals surface area (Å²) in [5.41, 5.74) is 0. The van der Waals surface area contributed by atoms with Crippen LogP contribution in [0.2, 0.25) is 0 Å². The van der Waals surface area contributed by atoms with E-state index in [4.69, 9.17) is 0 Å². The maximum atomic E-state index is 2.40. The number of hydrogen-bond donors (Lipinski definition) is 0. The fourth-order valence-electron chi connectivity index (χ4n) is 4.16. The molecule has 0 aromatic carbocycles. The highest BCUT2D eigenvalue weighted by molar-refractivity contribution is 4.68. The van der Waals surface area contributed by atoms with Crippen molar-refractivity contribution in [2.24, 2.45) is 5.92 Å². The minimum absolute atomic E-state index is 0.635.